The van der Waals surface area contributed by atoms with Crippen molar-refractivity contribution in [2.24, 2.45) is 0 Å². The first kappa shape index (κ1) is 14.3. The van der Waals surface area contributed by atoms with Gasteiger partial charge in [0.05, 0.1) is 17.2 Å². The standard InChI is InChI=1S/C15H25N3OS/c1-3-13-14(10-19)20-15(16-13)18-9-12-6-4-5-7-17(12)8-11(18)2/h11-12,19H,3-10H2,1-2H3. The normalized spacial score (nSPS) is 27.6. The Bertz CT molecular complexity index is 440. The molecule has 2 saturated heterocycles. The number of fused-ring (bicyclic) bond motifs is 1. The molecule has 1 aromatic heterocycles. The Hall–Kier alpha value is -0.650. The zero-order valence-electron chi connectivity index (χ0n) is 12.5. The Kier molecular flexibility index (Phi) is 4.29. The largest absolute Gasteiger partial charge is 0.391 e. The van der Waals surface area contributed by atoms with Gasteiger partial charge in [0.2, 0.25) is 0 Å². The van der Waals surface area contributed by atoms with Crippen LogP contribution in [0, 0.1) is 0 Å². The quantitative estimate of drug-likeness (QED) is 0.928. The summed E-state index contributed by atoms with van der Waals surface area (Å²) < 4.78 is 0. The summed E-state index contributed by atoms with van der Waals surface area (Å²) in [6, 6.07) is 1.22. The van der Waals surface area contributed by atoms with Crippen LogP contribution in [0.1, 0.15) is 43.7 Å². The number of hydrogen-bond acceptors (Lipinski definition) is 5. The maximum absolute atomic E-state index is 9.46. The predicted octanol–water partition coefficient (Wildman–Crippen LogP) is 2.26. The van der Waals surface area contributed by atoms with Crippen LogP contribution in [-0.4, -0.2) is 46.7 Å². The van der Waals surface area contributed by atoms with Crippen LogP contribution in [0.15, 0.2) is 0 Å². The van der Waals surface area contributed by atoms with E-state index in [0.29, 0.717) is 12.1 Å². The van der Waals surface area contributed by atoms with Crippen LogP contribution in [0.5, 0.6) is 0 Å². The molecule has 0 amide bonds. The number of aryl methyl sites for hydroxylation is 1. The third-order valence-corrected chi connectivity index (χ3v) is 5.80. The van der Waals surface area contributed by atoms with Crippen molar-refractivity contribution < 1.29 is 5.11 Å². The van der Waals surface area contributed by atoms with E-state index in [2.05, 4.69) is 23.6 Å². The van der Waals surface area contributed by atoms with Crippen molar-refractivity contribution in [3.63, 3.8) is 0 Å². The van der Waals surface area contributed by atoms with Gasteiger partial charge in [-0.25, -0.2) is 4.98 Å². The lowest BCUT2D eigenvalue weighted by Crippen LogP contribution is -2.58. The zero-order chi connectivity index (χ0) is 14.1. The molecule has 0 aromatic carbocycles. The molecule has 0 radical (unpaired) electrons. The van der Waals surface area contributed by atoms with E-state index in [0.717, 1.165) is 35.2 Å². The molecular formula is C15H25N3OS. The summed E-state index contributed by atoms with van der Waals surface area (Å²) in [7, 11) is 0. The number of anilines is 1. The molecule has 1 aromatic rings. The van der Waals surface area contributed by atoms with Gasteiger partial charge in [-0.15, -0.1) is 0 Å². The van der Waals surface area contributed by atoms with Gasteiger partial charge in [0, 0.05) is 25.2 Å². The molecule has 0 saturated carbocycles. The summed E-state index contributed by atoms with van der Waals surface area (Å²) >= 11 is 1.68. The Morgan fingerprint density at radius 2 is 2.20 bits per heavy atom. The second kappa shape index (κ2) is 6.00. The molecule has 2 aliphatic rings. The minimum Gasteiger partial charge on any atom is -0.391 e. The van der Waals surface area contributed by atoms with Crippen molar-refractivity contribution in [2.75, 3.05) is 24.5 Å². The lowest BCUT2D eigenvalue weighted by molar-refractivity contribution is 0.115. The second-order valence-corrected chi connectivity index (χ2v) is 7.09. The summed E-state index contributed by atoms with van der Waals surface area (Å²) in [5, 5.41) is 10.6. The fourth-order valence-electron chi connectivity index (χ4n) is 3.51. The number of piperidine rings is 1. The van der Waals surface area contributed by atoms with Crippen molar-refractivity contribution in [3.05, 3.63) is 10.6 Å². The Morgan fingerprint density at radius 3 is 2.90 bits per heavy atom. The van der Waals surface area contributed by atoms with Crippen LogP contribution in [0.25, 0.3) is 0 Å². The predicted molar refractivity (Wildman–Crippen MR) is 83.4 cm³/mol. The molecule has 0 spiro atoms. The fraction of sp³-hybridized carbons (Fsp3) is 0.800. The van der Waals surface area contributed by atoms with Crippen molar-refractivity contribution in [1.82, 2.24) is 9.88 Å². The Morgan fingerprint density at radius 1 is 1.35 bits per heavy atom. The average molecular weight is 295 g/mol. The maximum Gasteiger partial charge on any atom is 0.186 e. The molecule has 3 rings (SSSR count). The van der Waals surface area contributed by atoms with Gasteiger partial charge in [0.15, 0.2) is 5.13 Å². The number of hydrogen-bond donors (Lipinski definition) is 1. The van der Waals surface area contributed by atoms with Crippen LogP contribution in [0.2, 0.25) is 0 Å². The van der Waals surface area contributed by atoms with Crippen LogP contribution in [-0.2, 0) is 13.0 Å². The number of thiazole rings is 1. The molecule has 3 heterocycles. The summed E-state index contributed by atoms with van der Waals surface area (Å²) in [6.07, 6.45) is 4.95. The molecule has 112 valence electrons. The highest BCUT2D eigenvalue weighted by molar-refractivity contribution is 7.15. The zero-order valence-corrected chi connectivity index (χ0v) is 13.3. The molecule has 5 heteroatoms. The molecule has 4 nitrogen and oxygen atoms in total. The second-order valence-electron chi connectivity index (χ2n) is 6.02. The monoisotopic (exact) mass is 295 g/mol. The summed E-state index contributed by atoms with van der Waals surface area (Å²) in [6.45, 7) is 8.06. The minimum absolute atomic E-state index is 0.124. The third kappa shape index (κ3) is 2.59. The van der Waals surface area contributed by atoms with E-state index in [9.17, 15) is 5.11 Å². The minimum atomic E-state index is 0.124. The highest BCUT2D eigenvalue weighted by atomic mass is 32.1. The highest BCUT2D eigenvalue weighted by Gasteiger charge is 2.34. The fourth-order valence-corrected chi connectivity index (χ4v) is 4.63. The van der Waals surface area contributed by atoms with Crippen molar-refractivity contribution in [1.29, 1.82) is 0 Å². The molecule has 0 aliphatic carbocycles. The van der Waals surface area contributed by atoms with Gasteiger partial charge >= 0.3 is 0 Å². The Balaban J connectivity index is 1.80. The van der Waals surface area contributed by atoms with Gasteiger partial charge in [-0.2, -0.15) is 0 Å². The number of piperazine rings is 1. The summed E-state index contributed by atoms with van der Waals surface area (Å²) in [5.41, 5.74) is 1.07. The van der Waals surface area contributed by atoms with Crippen molar-refractivity contribution in [3.8, 4) is 0 Å². The van der Waals surface area contributed by atoms with Crippen molar-refractivity contribution in [2.45, 2.75) is 58.2 Å². The Labute approximate surface area is 125 Å². The van der Waals surface area contributed by atoms with E-state index in [4.69, 9.17) is 4.98 Å². The smallest absolute Gasteiger partial charge is 0.186 e. The number of rotatable bonds is 3. The maximum atomic E-state index is 9.46. The van der Waals surface area contributed by atoms with E-state index in [1.54, 1.807) is 11.3 Å². The first-order chi connectivity index (χ1) is 9.72. The summed E-state index contributed by atoms with van der Waals surface area (Å²) in [4.78, 5) is 10.9. The highest BCUT2D eigenvalue weighted by Crippen LogP contribution is 2.32. The first-order valence-corrected chi connectivity index (χ1v) is 8.64. The lowest BCUT2D eigenvalue weighted by Gasteiger charge is -2.47. The van der Waals surface area contributed by atoms with Crippen LogP contribution >= 0.6 is 11.3 Å². The van der Waals surface area contributed by atoms with Gasteiger partial charge in [0.1, 0.15) is 0 Å². The molecule has 0 bridgehead atoms. The topological polar surface area (TPSA) is 39.6 Å². The van der Waals surface area contributed by atoms with Gasteiger partial charge in [-0.05, 0) is 32.7 Å². The van der Waals surface area contributed by atoms with Gasteiger partial charge in [0.25, 0.3) is 0 Å². The van der Waals surface area contributed by atoms with Crippen LogP contribution in [0.3, 0.4) is 0 Å². The van der Waals surface area contributed by atoms with E-state index in [1.807, 2.05) is 0 Å². The average Bonchev–Trinajstić information content (AvgIpc) is 2.89. The van der Waals surface area contributed by atoms with E-state index in [1.165, 1.54) is 25.8 Å². The number of nitrogens with zero attached hydrogens (tertiary/aromatic N) is 3. The molecule has 2 fully saturated rings. The molecule has 2 unspecified atom stereocenters. The molecular weight excluding hydrogens is 270 g/mol. The first-order valence-electron chi connectivity index (χ1n) is 7.83. The number of aliphatic hydroxyl groups excluding tert-OH is 1. The van der Waals surface area contributed by atoms with E-state index in [-0.39, 0.29) is 6.61 Å². The van der Waals surface area contributed by atoms with Gasteiger partial charge in [-0.3, -0.25) is 4.90 Å². The van der Waals surface area contributed by atoms with E-state index >= 15 is 0 Å². The third-order valence-electron chi connectivity index (χ3n) is 4.68. The van der Waals surface area contributed by atoms with Crippen LogP contribution < -0.4 is 4.90 Å². The SMILES string of the molecule is CCc1nc(N2CC3CCCCN3CC2C)sc1CO. The lowest BCUT2D eigenvalue weighted by atomic mass is 9.97. The van der Waals surface area contributed by atoms with Gasteiger partial charge in [-0.1, -0.05) is 24.7 Å². The molecule has 2 aliphatic heterocycles. The van der Waals surface area contributed by atoms with Gasteiger partial charge < -0.3 is 10.0 Å². The molecule has 1 N–H and O–H groups in total. The molecule has 20 heavy (non-hydrogen) atoms. The van der Waals surface area contributed by atoms with Crippen molar-refractivity contribution >= 4 is 16.5 Å². The molecule has 2 atom stereocenters. The number of aliphatic hydroxyl groups is 1. The number of aromatic nitrogens is 1. The van der Waals surface area contributed by atoms with Crippen LogP contribution in [0.4, 0.5) is 5.13 Å². The summed E-state index contributed by atoms with van der Waals surface area (Å²) in [5.74, 6) is 0. The van der Waals surface area contributed by atoms with E-state index < -0.39 is 0 Å².